The number of carbonyl (C=O) groups excluding carboxylic acids is 1. The number of hydrogen-bond acceptors (Lipinski definition) is 7. The van der Waals surface area contributed by atoms with Gasteiger partial charge in [-0.15, -0.1) is 0 Å². The second kappa shape index (κ2) is 10.1. The lowest BCUT2D eigenvalue weighted by atomic mass is 10.1. The monoisotopic (exact) mass is 430 g/mol. The number of nitrogens with zero attached hydrogens (tertiary/aromatic N) is 3. The summed E-state index contributed by atoms with van der Waals surface area (Å²) in [5, 5.41) is 0.190. The maximum Gasteiger partial charge on any atom is 0.307 e. The van der Waals surface area contributed by atoms with E-state index >= 15 is 0 Å². The van der Waals surface area contributed by atoms with E-state index in [1.54, 1.807) is 43.6 Å². The Morgan fingerprint density at radius 2 is 2.00 bits per heavy atom. The van der Waals surface area contributed by atoms with Gasteiger partial charge in [-0.2, -0.15) is 0 Å². The van der Waals surface area contributed by atoms with Crippen LogP contribution in [0.15, 0.2) is 48.9 Å². The Labute approximate surface area is 178 Å². The molecule has 7 nitrogen and oxygen atoms in total. The molecule has 0 bridgehead atoms. The number of aromatic nitrogens is 3. The molecule has 156 valence electrons. The first-order valence-corrected chi connectivity index (χ1v) is 9.64. The van der Waals surface area contributed by atoms with Gasteiger partial charge in [0.2, 0.25) is 0 Å². The van der Waals surface area contributed by atoms with E-state index in [1.165, 1.54) is 6.20 Å². The first-order valence-electron chi connectivity index (χ1n) is 9.26. The molecule has 0 aliphatic rings. The molecule has 0 amide bonds. The van der Waals surface area contributed by atoms with Crippen LogP contribution in [0.25, 0.3) is 11.3 Å². The number of pyridine rings is 1. The van der Waals surface area contributed by atoms with Crippen LogP contribution in [-0.2, 0) is 16.0 Å². The highest BCUT2D eigenvalue weighted by Crippen LogP contribution is 2.26. The zero-order valence-corrected chi connectivity index (χ0v) is 17.0. The first kappa shape index (κ1) is 21.6. The van der Waals surface area contributed by atoms with E-state index in [-0.39, 0.29) is 23.3 Å². The van der Waals surface area contributed by atoms with E-state index in [0.717, 1.165) is 11.6 Å². The summed E-state index contributed by atoms with van der Waals surface area (Å²) in [7, 11) is 0. The zero-order valence-electron chi connectivity index (χ0n) is 16.2. The predicted molar refractivity (Wildman–Crippen MR) is 110 cm³/mol. The van der Waals surface area contributed by atoms with Crippen molar-refractivity contribution in [2.75, 3.05) is 6.61 Å². The molecule has 1 atom stereocenters. The molecule has 0 spiro atoms. The minimum atomic E-state index is -0.649. The van der Waals surface area contributed by atoms with Crippen molar-refractivity contribution in [1.29, 1.82) is 0 Å². The van der Waals surface area contributed by atoms with Crippen molar-refractivity contribution in [1.82, 2.24) is 15.0 Å². The maximum absolute atomic E-state index is 13.8. The molecule has 9 heteroatoms. The Kier molecular flexibility index (Phi) is 7.26. The molecule has 3 rings (SSSR count). The van der Waals surface area contributed by atoms with Gasteiger partial charge in [0.15, 0.2) is 5.82 Å². The van der Waals surface area contributed by atoms with Crippen LogP contribution >= 0.6 is 11.6 Å². The second-order valence-corrected chi connectivity index (χ2v) is 6.87. The molecule has 0 unspecified atom stereocenters. The average molecular weight is 431 g/mol. The molecular weight excluding hydrogens is 411 g/mol. The summed E-state index contributed by atoms with van der Waals surface area (Å²) < 4.78 is 24.2. The summed E-state index contributed by atoms with van der Waals surface area (Å²) in [4.78, 5) is 24.1. The lowest BCUT2D eigenvalue weighted by molar-refractivity contribution is -0.143. The standard InChI is InChI=1S/C21H20ClFN4O3/c1-2-29-20(28)9-15(24)8-16-11-25-12-19(27-16)13-3-5-17(6-4-13)30-21-18(23)7-14(22)10-26-21/h3-7,10-12,15H,2,8-9,24H2,1H3/t15-/m0/s1. The lowest BCUT2D eigenvalue weighted by Gasteiger charge is -2.11. The summed E-state index contributed by atoms with van der Waals surface area (Å²) >= 11 is 5.69. The van der Waals surface area contributed by atoms with E-state index < -0.39 is 11.9 Å². The fraction of sp³-hybridized carbons (Fsp3) is 0.238. The number of rotatable bonds is 8. The van der Waals surface area contributed by atoms with Gasteiger partial charge in [0, 0.05) is 30.4 Å². The fourth-order valence-electron chi connectivity index (χ4n) is 2.70. The molecule has 0 aliphatic heterocycles. The van der Waals surface area contributed by atoms with Crippen LogP contribution in [0.1, 0.15) is 19.0 Å². The van der Waals surface area contributed by atoms with Crippen LogP contribution < -0.4 is 10.5 Å². The van der Waals surface area contributed by atoms with Gasteiger partial charge < -0.3 is 15.2 Å². The van der Waals surface area contributed by atoms with E-state index in [2.05, 4.69) is 15.0 Å². The number of esters is 1. The average Bonchev–Trinajstić information content (AvgIpc) is 2.71. The zero-order chi connectivity index (χ0) is 21.5. The summed E-state index contributed by atoms with van der Waals surface area (Å²) in [5.41, 5.74) is 8.10. The van der Waals surface area contributed by atoms with Crippen molar-refractivity contribution in [3.05, 3.63) is 65.5 Å². The van der Waals surface area contributed by atoms with Crippen LogP contribution in [0, 0.1) is 5.82 Å². The van der Waals surface area contributed by atoms with Crippen LogP contribution in [0.5, 0.6) is 11.6 Å². The molecule has 2 aromatic heterocycles. The topological polar surface area (TPSA) is 100 Å². The Hall–Kier alpha value is -3.10. The minimum absolute atomic E-state index is 0.112. The Morgan fingerprint density at radius 3 is 2.70 bits per heavy atom. The number of carbonyl (C=O) groups is 1. The van der Waals surface area contributed by atoms with Crippen molar-refractivity contribution in [3.63, 3.8) is 0 Å². The number of halogens is 2. The highest BCUT2D eigenvalue weighted by atomic mass is 35.5. The molecule has 2 heterocycles. The maximum atomic E-state index is 13.8. The molecule has 0 saturated carbocycles. The van der Waals surface area contributed by atoms with Gasteiger partial charge in [-0.25, -0.2) is 14.4 Å². The summed E-state index contributed by atoms with van der Waals surface area (Å²) in [5.74, 6) is -0.738. The molecular formula is C21H20ClFN4O3. The molecule has 3 aromatic rings. The number of hydrogen-bond donors (Lipinski definition) is 1. The van der Waals surface area contributed by atoms with Crippen LogP contribution in [0.2, 0.25) is 5.02 Å². The predicted octanol–water partition coefficient (Wildman–Crippen LogP) is 3.95. The fourth-order valence-corrected chi connectivity index (χ4v) is 2.85. The number of nitrogens with two attached hydrogens (primary N) is 1. The van der Waals surface area contributed by atoms with Gasteiger partial charge >= 0.3 is 5.97 Å². The second-order valence-electron chi connectivity index (χ2n) is 6.44. The number of ether oxygens (including phenoxy) is 2. The van der Waals surface area contributed by atoms with Crippen LogP contribution in [-0.4, -0.2) is 33.6 Å². The smallest absolute Gasteiger partial charge is 0.307 e. The van der Waals surface area contributed by atoms with Crippen LogP contribution in [0.4, 0.5) is 4.39 Å². The third kappa shape index (κ3) is 5.95. The van der Waals surface area contributed by atoms with Gasteiger partial charge in [0.1, 0.15) is 5.75 Å². The van der Waals surface area contributed by atoms with Gasteiger partial charge in [-0.3, -0.25) is 9.78 Å². The van der Waals surface area contributed by atoms with Crippen molar-refractivity contribution in [3.8, 4) is 22.9 Å². The van der Waals surface area contributed by atoms with Crippen molar-refractivity contribution in [2.45, 2.75) is 25.8 Å². The van der Waals surface area contributed by atoms with Gasteiger partial charge in [-0.1, -0.05) is 11.6 Å². The molecule has 0 aliphatic carbocycles. The van der Waals surface area contributed by atoms with Crippen LogP contribution in [0.3, 0.4) is 0 Å². The highest BCUT2D eigenvalue weighted by molar-refractivity contribution is 6.30. The van der Waals surface area contributed by atoms with Gasteiger partial charge in [0.05, 0.1) is 35.6 Å². The number of benzene rings is 1. The summed E-state index contributed by atoms with van der Waals surface area (Å²) in [6.07, 6.45) is 5.04. The van der Waals surface area contributed by atoms with Gasteiger partial charge in [-0.05, 0) is 37.3 Å². The Morgan fingerprint density at radius 1 is 1.23 bits per heavy atom. The molecule has 30 heavy (non-hydrogen) atoms. The molecule has 0 saturated heterocycles. The van der Waals surface area contributed by atoms with Crippen molar-refractivity contribution in [2.24, 2.45) is 5.73 Å². The van der Waals surface area contributed by atoms with E-state index in [4.69, 9.17) is 26.8 Å². The molecule has 2 N–H and O–H groups in total. The third-order valence-electron chi connectivity index (χ3n) is 4.03. The first-order chi connectivity index (χ1) is 14.4. The SMILES string of the molecule is CCOC(=O)C[C@@H](N)Cc1cncc(-c2ccc(Oc3ncc(Cl)cc3F)cc2)n1. The summed E-state index contributed by atoms with van der Waals surface area (Å²) in [6.45, 7) is 2.07. The summed E-state index contributed by atoms with van der Waals surface area (Å²) in [6, 6.07) is 7.61. The van der Waals surface area contributed by atoms with E-state index in [9.17, 15) is 9.18 Å². The molecule has 0 fully saturated rings. The molecule has 0 radical (unpaired) electrons. The van der Waals surface area contributed by atoms with E-state index in [0.29, 0.717) is 30.2 Å². The van der Waals surface area contributed by atoms with Crippen molar-refractivity contribution >= 4 is 17.6 Å². The quantitative estimate of drug-likeness (QED) is 0.540. The Bertz CT molecular complexity index is 1020. The van der Waals surface area contributed by atoms with Gasteiger partial charge in [0.25, 0.3) is 5.88 Å². The van der Waals surface area contributed by atoms with E-state index in [1.807, 2.05) is 0 Å². The highest BCUT2D eigenvalue weighted by Gasteiger charge is 2.13. The third-order valence-corrected chi connectivity index (χ3v) is 4.24. The molecule has 1 aromatic carbocycles. The normalized spacial score (nSPS) is 11.7. The lowest BCUT2D eigenvalue weighted by Crippen LogP contribution is -2.27. The Balaban J connectivity index is 1.67. The van der Waals surface area contributed by atoms with Crippen molar-refractivity contribution < 1.29 is 18.7 Å². The largest absolute Gasteiger partial charge is 0.466 e. The minimum Gasteiger partial charge on any atom is -0.466 e.